The Morgan fingerprint density at radius 1 is 0.600 bits per heavy atom. The number of rotatable bonds is 0. The Bertz CT molecular complexity index is 6.85. The fourth-order valence-electron chi connectivity index (χ4n) is 0. The zero-order valence-corrected chi connectivity index (χ0v) is 7.29. The molecule has 5 heteroatoms. The van der Waals surface area contributed by atoms with Crippen molar-refractivity contribution in [3.05, 3.63) is 0 Å². The maximum atomic E-state index is 0. The molecular weight excluding hydrogens is 336 g/mol. The van der Waals surface area contributed by atoms with Crippen molar-refractivity contribution in [2.24, 2.45) is 0 Å². The van der Waals surface area contributed by atoms with Crippen molar-refractivity contribution in [1.82, 2.24) is 0 Å². The molecule has 0 N–H and O–H groups in total. The van der Waals surface area contributed by atoms with Gasteiger partial charge in [0.25, 0.3) is 0 Å². The van der Waals surface area contributed by atoms with Crippen LogP contribution in [0.15, 0.2) is 0 Å². The first kappa shape index (κ1) is 74.1. The third-order valence-corrected chi connectivity index (χ3v) is 0. The fourth-order valence-corrected chi connectivity index (χ4v) is 0. The molecule has 30 valence electrons. The number of hydrogen-bond acceptors (Lipinski definition) is 0. The van der Waals surface area contributed by atoms with E-state index in [2.05, 4.69) is 0 Å². The Labute approximate surface area is 72.6 Å². The first-order chi connectivity index (χ1) is 0. The summed E-state index contributed by atoms with van der Waals surface area (Å²) >= 11 is 0. The van der Waals surface area contributed by atoms with E-state index in [0.29, 0.717) is 0 Å². The zero-order valence-electron chi connectivity index (χ0n) is 2.08. The molecule has 0 atom stereocenters. The van der Waals surface area contributed by atoms with Crippen molar-refractivity contribution in [2.45, 2.75) is 0 Å². The molecule has 0 spiro atoms. The smallest absolute Gasteiger partial charge is 2.00 e. The van der Waals surface area contributed by atoms with E-state index < -0.39 is 0 Å². The zero-order chi connectivity index (χ0) is 0. The third kappa shape index (κ3) is 26.7. The molecule has 0 aromatic heterocycles. The van der Waals surface area contributed by atoms with Crippen LogP contribution in [0.25, 0.3) is 0 Å². The van der Waals surface area contributed by atoms with Crippen LogP contribution in [0.3, 0.4) is 0 Å². The van der Waals surface area contributed by atoms with Crippen LogP contribution in [0.1, 0.15) is 0 Å². The Morgan fingerprint density at radius 2 is 0.600 bits per heavy atom. The molecule has 3 nitrogen and oxygen atoms in total. The van der Waals surface area contributed by atoms with Gasteiger partial charge in [0.1, 0.15) is 0 Å². The van der Waals surface area contributed by atoms with E-state index in [4.69, 9.17) is 0 Å². The summed E-state index contributed by atoms with van der Waals surface area (Å²) in [6.07, 6.45) is 0. The van der Waals surface area contributed by atoms with Crippen molar-refractivity contribution < 1.29 is 73.4 Å². The SMILES string of the molecule is [Fe+2].[O-2].[O-2].[O-2].[Th+4]. The minimum atomic E-state index is 0. The van der Waals surface area contributed by atoms with Crippen molar-refractivity contribution in [3.63, 3.8) is 0 Å². The third-order valence-electron chi connectivity index (χ3n) is 0. The predicted molar refractivity (Wildman–Crippen MR) is 2.06 cm³/mol. The molecule has 0 aliphatic heterocycles. The molecule has 0 amide bonds. The first-order valence-electron chi connectivity index (χ1n) is 0. The van der Waals surface area contributed by atoms with Gasteiger partial charge in [0.2, 0.25) is 0 Å². The second kappa shape index (κ2) is 43.0. The largest absolute Gasteiger partial charge is 4.00 e. The summed E-state index contributed by atoms with van der Waals surface area (Å²) in [4.78, 5) is 0. The van der Waals surface area contributed by atoms with E-state index >= 15 is 0 Å². The van der Waals surface area contributed by atoms with Gasteiger partial charge in [-0.3, -0.25) is 0 Å². The fraction of sp³-hybridized carbons (Fsp3) is 0. The van der Waals surface area contributed by atoms with Gasteiger partial charge in [0, 0.05) is 0 Å². The van der Waals surface area contributed by atoms with Gasteiger partial charge < -0.3 is 16.4 Å². The summed E-state index contributed by atoms with van der Waals surface area (Å²) in [6, 6.07) is 0. The van der Waals surface area contributed by atoms with E-state index in [1.807, 2.05) is 0 Å². The van der Waals surface area contributed by atoms with Gasteiger partial charge in [-0.15, -0.1) is 0 Å². The van der Waals surface area contributed by atoms with Gasteiger partial charge in [-0.2, -0.15) is 0 Å². The van der Waals surface area contributed by atoms with Gasteiger partial charge in [0.15, 0.2) is 0 Å². The predicted octanol–water partition coefficient (Wildman–Crippen LogP) is -0.359. The molecule has 0 aromatic rings. The van der Waals surface area contributed by atoms with Crippen molar-refractivity contribution >= 4 is 0 Å². The van der Waals surface area contributed by atoms with Gasteiger partial charge >= 0.3 is 57.0 Å². The maximum absolute atomic E-state index is 0. The molecule has 0 saturated heterocycles. The summed E-state index contributed by atoms with van der Waals surface area (Å²) in [5.41, 5.74) is 0. The molecule has 0 aliphatic rings. The topological polar surface area (TPSA) is 85.5 Å². The van der Waals surface area contributed by atoms with Crippen molar-refractivity contribution in [2.75, 3.05) is 0 Å². The Balaban J connectivity index is 0. The van der Waals surface area contributed by atoms with E-state index in [1.165, 1.54) is 0 Å². The van der Waals surface area contributed by atoms with Crippen molar-refractivity contribution in [1.29, 1.82) is 0 Å². The van der Waals surface area contributed by atoms with Crippen LogP contribution in [0.4, 0.5) is 0 Å². The molecule has 0 saturated carbocycles. The molecule has 0 fully saturated rings. The maximum Gasteiger partial charge on any atom is 4.00 e. The van der Waals surface area contributed by atoms with Gasteiger partial charge in [-0.1, -0.05) is 0 Å². The van der Waals surface area contributed by atoms with Crippen LogP contribution in [0.5, 0.6) is 0 Å². The number of hydrogen-bond donors (Lipinski definition) is 0. The van der Waals surface area contributed by atoms with E-state index in [-0.39, 0.29) is 73.4 Å². The normalized spacial score (nSPS) is 0. The minimum absolute atomic E-state index is 0. The molecule has 0 rings (SSSR count). The van der Waals surface area contributed by atoms with Crippen LogP contribution >= 0.6 is 0 Å². The molecule has 0 aromatic carbocycles. The second-order valence-corrected chi connectivity index (χ2v) is 0. The molecule has 0 radical (unpaired) electrons. The molecule has 0 heterocycles. The van der Waals surface area contributed by atoms with Crippen LogP contribution in [0.2, 0.25) is 0 Å². The van der Waals surface area contributed by atoms with E-state index in [0.717, 1.165) is 0 Å². The van der Waals surface area contributed by atoms with Gasteiger partial charge in [-0.05, 0) is 0 Å². The van der Waals surface area contributed by atoms with Crippen LogP contribution in [0, 0.1) is 39.9 Å². The first-order valence-corrected chi connectivity index (χ1v) is 0. The summed E-state index contributed by atoms with van der Waals surface area (Å²) in [6.45, 7) is 0. The average Bonchev–Trinajstić information content (AvgIpc) is 0. The monoisotopic (exact) mass is 336 g/mol. The standard InChI is InChI=1S/Fe.3O.Th/q+2;3*-2;+4. The Morgan fingerprint density at radius 3 is 0.600 bits per heavy atom. The summed E-state index contributed by atoms with van der Waals surface area (Å²) in [7, 11) is 0. The van der Waals surface area contributed by atoms with Crippen LogP contribution in [-0.2, 0) is 33.5 Å². The molecular formula is FeO3Th. The van der Waals surface area contributed by atoms with E-state index in [1.54, 1.807) is 0 Å². The van der Waals surface area contributed by atoms with Gasteiger partial charge in [0.05, 0.1) is 0 Å². The molecule has 0 aliphatic carbocycles. The second-order valence-electron chi connectivity index (χ2n) is 0. The van der Waals surface area contributed by atoms with Crippen molar-refractivity contribution in [3.8, 4) is 0 Å². The Kier molecular flexibility index (Phi) is 637. The Hall–Kier alpha value is 1.72. The minimum Gasteiger partial charge on any atom is -2.00 e. The van der Waals surface area contributed by atoms with Crippen LogP contribution in [-0.4, -0.2) is 0 Å². The summed E-state index contributed by atoms with van der Waals surface area (Å²) < 4.78 is 0. The average molecular weight is 336 g/mol. The summed E-state index contributed by atoms with van der Waals surface area (Å²) in [5.74, 6) is 0. The quantitative estimate of drug-likeness (QED) is 0.541. The summed E-state index contributed by atoms with van der Waals surface area (Å²) in [5, 5.41) is 0. The molecule has 5 heavy (non-hydrogen) atoms. The van der Waals surface area contributed by atoms with Crippen LogP contribution < -0.4 is 0 Å². The molecule has 0 unspecified atom stereocenters. The van der Waals surface area contributed by atoms with Gasteiger partial charge in [-0.25, -0.2) is 0 Å². The molecule has 0 bridgehead atoms. The van der Waals surface area contributed by atoms with E-state index in [9.17, 15) is 0 Å².